The smallest absolute Gasteiger partial charge is 0.241 e. The lowest BCUT2D eigenvalue weighted by Crippen LogP contribution is -2.35. The van der Waals surface area contributed by atoms with E-state index in [1.54, 1.807) is 0 Å². The van der Waals surface area contributed by atoms with Gasteiger partial charge >= 0.3 is 0 Å². The molecule has 0 spiro atoms. The van der Waals surface area contributed by atoms with Crippen molar-refractivity contribution in [3.63, 3.8) is 0 Å². The Bertz CT molecular complexity index is 383. The van der Waals surface area contributed by atoms with Crippen molar-refractivity contribution >= 4 is 30.7 Å². The molecule has 0 bridgehead atoms. The number of halogens is 2. The zero-order valence-electron chi connectivity index (χ0n) is 12.3. The molecule has 1 unspecified atom stereocenters. The van der Waals surface area contributed by atoms with Gasteiger partial charge < -0.3 is 16.0 Å². The fourth-order valence-corrected chi connectivity index (χ4v) is 1.64. The average Bonchev–Trinajstić information content (AvgIpc) is 2.34. The molecule has 1 amide bonds. The zero-order valence-corrected chi connectivity index (χ0v) is 13.9. The number of carbonyl (C=O) groups excluding carboxylic acids is 1. The first-order valence-corrected chi connectivity index (χ1v) is 6.25. The Balaban J connectivity index is 0. The number of nitrogens with zero attached hydrogens (tertiary/aromatic N) is 1. The molecule has 116 valence electrons. The topological polar surface area (TPSA) is 58.4 Å². The van der Waals surface area contributed by atoms with Gasteiger partial charge in [0.2, 0.25) is 5.91 Å². The molecule has 1 aromatic carbocycles. The van der Waals surface area contributed by atoms with Crippen molar-refractivity contribution in [2.24, 2.45) is 5.73 Å². The highest BCUT2D eigenvalue weighted by Crippen LogP contribution is 2.11. The first-order chi connectivity index (χ1) is 8.50. The number of nitrogens with two attached hydrogens (primary N) is 1. The summed E-state index contributed by atoms with van der Waals surface area (Å²) in [5.74, 6) is -0.113. The maximum atomic E-state index is 11.8. The lowest BCUT2D eigenvalue weighted by atomic mass is 10.1. The van der Waals surface area contributed by atoms with Gasteiger partial charge in [0.1, 0.15) is 6.04 Å². The van der Waals surface area contributed by atoms with Gasteiger partial charge in [-0.2, -0.15) is 0 Å². The first kappa shape index (κ1) is 21.5. The van der Waals surface area contributed by atoms with Crippen molar-refractivity contribution < 1.29 is 4.79 Å². The van der Waals surface area contributed by atoms with Gasteiger partial charge in [0, 0.05) is 6.54 Å². The zero-order chi connectivity index (χ0) is 13.5. The Morgan fingerprint density at radius 3 is 2.30 bits per heavy atom. The summed E-state index contributed by atoms with van der Waals surface area (Å²) in [6.07, 6.45) is 0.930. The molecule has 1 rings (SSSR count). The van der Waals surface area contributed by atoms with Crippen LogP contribution in [0.3, 0.4) is 0 Å². The SMILES string of the molecule is Cc1ccc(C(N)C(=O)NCCCN(C)C)cc1.Cl.Cl. The second kappa shape index (κ2) is 10.9. The summed E-state index contributed by atoms with van der Waals surface area (Å²) in [6, 6.07) is 7.16. The third-order valence-corrected chi connectivity index (χ3v) is 2.80. The average molecular weight is 322 g/mol. The molecular formula is C14H25Cl2N3O. The van der Waals surface area contributed by atoms with E-state index in [4.69, 9.17) is 5.73 Å². The number of benzene rings is 1. The Morgan fingerprint density at radius 2 is 1.80 bits per heavy atom. The van der Waals surface area contributed by atoms with Crippen LogP contribution in [0.4, 0.5) is 0 Å². The largest absolute Gasteiger partial charge is 0.354 e. The molecule has 0 saturated carbocycles. The summed E-state index contributed by atoms with van der Waals surface area (Å²) in [7, 11) is 4.03. The van der Waals surface area contributed by atoms with Gasteiger partial charge in [0.25, 0.3) is 0 Å². The van der Waals surface area contributed by atoms with Crippen LogP contribution in [0.25, 0.3) is 0 Å². The monoisotopic (exact) mass is 321 g/mol. The van der Waals surface area contributed by atoms with E-state index in [2.05, 4.69) is 10.2 Å². The Kier molecular flexibility index (Phi) is 11.7. The number of hydrogen-bond donors (Lipinski definition) is 2. The standard InChI is InChI=1S/C14H23N3O.2ClH/c1-11-5-7-12(8-6-11)13(15)14(18)16-9-4-10-17(2)3;;/h5-8,13H,4,9-10,15H2,1-3H3,(H,16,18);2*1H. The van der Waals surface area contributed by atoms with Crippen LogP contribution >= 0.6 is 24.8 Å². The van der Waals surface area contributed by atoms with Crippen LogP contribution in [-0.4, -0.2) is 38.0 Å². The van der Waals surface area contributed by atoms with E-state index in [0.29, 0.717) is 6.54 Å². The van der Waals surface area contributed by atoms with Crippen molar-refractivity contribution in [1.29, 1.82) is 0 Å². The minimum absolute atomic E-state index is 0. The van der Waals surface area contributed by atoms with Crippen LogP contribution in [0.15, 0.2) is 24.3 Å². The van der Waals surface area contributed by atoms with Crippen LogP contribution in [0.5, 0.6) is 0 Å². The van der Waals surface area contributed by atoms with E-state index >= 15 is 0 Å². The molecule has 1 aromatic rings. The maximum absolute atomic E-state index is 11.8. The Hall–Kier alpha value is -0.810. The van der Waals surface area contributed by atoms with E-state index < -0.39 is 6.04 Å². The number of hydrogen-bond acceptors (Lipinski definition) is 3. The molecule has 0 aliphatic heterocycles. The maximum Gasteiger partial charge on any atom is 0.241 e. The van der Waals surface area contributed by atoms with Crippen molar-refractivity contribution in [2.45, 2.75) is 19.4 Å². The number of carbonyl (C=O) groups is 1. The van der Waals surface area contributed by atoms with E-state index in [1.165, 1.54) is 0 Å². The lowest BCUT2D eigenvalue weighted by molar-refractivity contribution is -0.122. The van der Waals surface area contributed by atoms with Crippen LogP contribution in [0.2, 0.25) is 0 Å². The molecule has 0 fully saturated rings. The second-order valence-electron chi connectivity index (χ2n) is 4.84. The van der Waals surface area contributed by atoms with Gasteiger partial charge in [-0.05, 0) is 39.5 Å². The molecule has 1 atom stereocenters. The van der Waals surface area contributed by atoms with Crippen molar-refractivity contribution in [2.75, 3.05) is 27.2 Å². The highest BCUT2D eigenvalue weighted by molar-refractivity contribution is 5.85. The van der Waals surface area contributed by atoms with E-state index in [-0.39, 0.29) is 30.7 Å². The predicted octanol–water partition coefficient (Wildman–Crippen LogP) is 1.91. The molecular weight excluding hydrogens is 297 g/mol. The van der Waals surface area contributed by atoms with Gasteiger partial charge in [-0.15, -0.1) is 24.8 Å². The number of aryl methyl sites for hydroxylation is 1. The Labute approximate surface area is 133 Å². The van der Waals surface area contributed by atoms with Crippen LogP contribution in [-0.2, 0) is 4.79 Å². The van der Waals surface area contributed by atoms with E-state index in [9.17, 15) is 4.79 Å². The van der Waals surface area contributed by atoms with Crippen molar-refractivity contribution in [3.8, 4) is 0 Å². The molecule has 0 aromatic heterocycles. The third kappa shape index (κ3) is 7.70. The molecule has 0 aliphatic carbocycles. The fraction of sp³-hybridized carbons (Fsp3) is 0.500. The van der Waals surface area contributed by atoms with Crippen LogP contribution in [0.1, 0.15) is 23.6 Å². The number of amides is 1. The summed E-state index contributed by atoms with van der Waals surface area (Å²) in [6.45, 7) is 3.63. The summed E-state index contributed by atoms with van der Waals surface area (Å²) in [5, 5.41) is 2.86. The number of rotatable bonds is 6. The van der Waals surface area contributed by atoms with Crippen molar-refractivity contribution in [1.82, 2.24) is 10.2 Å². The van der Waals surface area contributed by atoms with Gasteiger partial charge in [-0.3, -0.25) is 4.79 Å². The molecule has 20 heavy (non-hydrogen) atoms. The normalized spacial score (nSPS) is 11.2. The van der Waals surface area contributed by atoms with Gasteiger partial charge in [-0.1, -0.05) is 29.8 Å². The third-order valence-electron chi connectivity index (χ3n) is 2.80. The quantitative estimate of drug-likeness (QED) is 0.787. The van der Waals surface area contributed by atoms with Crippen molar-refractivity contribution in [3.05, 3.63) is 35.4 Å². The van der Waals surface area contributed by atoms with Gasteiger partial charge in [-0.25, -0.2) is 0 Å². The highest BCUT2D eigenvalue weighted by Gasteiger charge is 2.14. The molecule has 3 N–H and O–H groups in total. The van der Waals surface area contributed by atoms with E-state index in [1.807, 2.05) is 45.3 Å². The minimum atomic E-state index is -0.579. The fourth-order valence-electron chi connectivity index (χ4n) is 1.64. The summed E-state index contributed by atoms with van der Waals surface area (Å²) in [4.78, 5) is 13.9. The minimum Gasteiger partial charge on any atom is -0.354 e. The summed E-state index contributed by atoms with van der Waals surface area (Å²) in [5.41, 5.74) is 7.92. The first-order valence-electron chi connectivity index (χ1n) is 6.25. The molecule has 0 heterocycles. The van der Waals surface area contributed by atoms with Crippen LogP contribution in [0, 0.1) is 6.92 Å². The Morgan fingerprint density at radius 1 is 1.25 bits per heavy atom. The summed E-state index contributed by atoms with van der Waals surface area (Å²) < 4.78 is 0. The molecule has 0 aliphatic rings. The van der Waals surface area contributed by atoms with E-state index in [0.717, 1.165) is 24.1 Å². The molecule has 6 heteroatoms. The predicted molar refractivity (Wildman–Crippen MR) is 88.8 cm³/mol. The molecule has 0 saturated heterocycles. The molecule has 0 radical (unpaired) electrons. The van der Waals surface area contributed by atoms with Gasteiger partial charge in [0.15, 0.2) is 0 Å². The second-order valence-corrected chi connectivity index (χ2v) is 4.84. The lowest BCUT2D eigenvalue weighted by Gasteiger charge is -2.14. The highest BCUT2D eigenvalue weighted by atomic mass is 35.5. The summed E-state index contributed by atoms with van der Waals surface area (Å²) >= 11 is 0. The number of nitrogens with one attached hydrogen (secondary N) is 1. The van der Waals surface area contributed by atoms with Gasteiger partial charge in [0.05, 0.1) is 0 Å². The molecule has 4 nitrogen and oxygen atoms in total. The van der Waals surface area contributed by atoms with Crippen LogP contribution < -0.4 is 11.1 Å².